The topological polar surface area (TPSA) is 95.4 Å². The Balaban J connectivity index is 1.44. The van der Waals surface area contributed by atoms with Crippen LogP contribution in [0.4, 0.5) is 0 Å². The average molecular weight is 365 g/mol. The van der Waals surface area contributed by atoms with Gasteiger partial charge in [0.1, 0.15) is 11.5 Å². The molecule has 4 aromatic rings. The highest BCUT2D eigenvalue weighted by Gasteiger charge is 2.15. The van der Waals surface area contributed by atoms with Crippen molar-refractivity contribution in [2.45, 2.75) is 17.3 Å². The Kier molecular flexibility index (Phi) is 4.69. The van der Waals surface area contributed by atoms with Crippen molar-refractivity contribution in [1.82, 2.24) is 34.9 Å². The fourth-order valence-electron chi connectivity index (χ4n) is 2.33. The molecule has 0 aliphatic heterocycles. The van der Waals surface area contributed by atoms with Gasteiger partial charge >= 0.3 is 0 Å². The lowest BCUT2D eigenvalue weighted by molar-refractivity contribution is 0.382. The lowest BCUT2D eigenvalue weighted by Gasteiger charge is -2.02. The van der Waals surface area contributed by atoms with Gasteiger partial charge in [-0.1, -0.05) is 47.3 Å². The largest absolute Gasteiger partial charge is 0.338 e. The molecule has 0 atom stereocenters. The zero-order valence-electron chi connectivity index (χ0n) is 14.0. The van der Waals surface area contributed by atoms with E-state index in [9.17, 15) is 0 Å². The van der Waals surface area contributed by atoms with Crippen molar-refractivity contribution < 1.29 is 4.52 Å². The zero-order valence-corrected chi connectivity index (χ0v) is 14.8. The Labute approximate surface area is 153 Å². The van der Waals surface area contributed by atoms with E-state index in [1.54, 1.807) is 30.4 Å². The predicted octanol–water partition coefficient (Wildman–Crippen LogP) is 2.54. The highest BCUT2D eigenvalue weighted by atomic mass is 32.2. The van der Waals surface area contributed by atoms with Crippen LogP contribution >= 0.6 is 11.8 Å². The van der Waals surface area contributed by atoms with Crippen LogP contribution in [0.1, 0.15) is 17.3 Å². The summed E-state index contributed by atoms with van der Waals surface area (Å²) in [6.45, 7) is 0. The Morgan fingerprint density at radius 1 is 1.12 bits per heavy atom. The summed E-state index contributed by atoms with van der Waals surface area (Å²) in [4.78, 5) is 12.5. The molecule has 26 heavy (non-hydrogen) atoms. The maximum absolute atomic E-state index is 5.30. The van der Waals surface area contributed by atoms with Crippen molar-refractivity contribution >= 4 is 11.8 Å². The molecular weight excluding hydrogens is 350 g/mol. The van der Waals surface area contributed by atoms with Crippen LogP contribution in [0, 0.1) is 0 Å². The van der Waals surface area contributed by atoms with Crippen molar-refractivity contribution in [1.29, 1.82) is 0 Å². The molecule has 0 N–H and O–H groups in total. The van der Waals surface area contributed by atoms with E-state index in [0.29, 0.717) is 23.8 Å². The van der Waals surface area contributed by atoms with Crippen molar-refractivity contribution in [2.75, 3.05) is 0 Å². The summed E-state index contributed by atoms with van der Waals surface area (Å²) in [6.07, 6.45) is 5.18. The quantitative estimate of drug-likeness (QED) is 0.481. The fraction of sp³-hybridized carbons (Fsp3) is 0.176. The first-order valence-electron chi connectivity index (χ1n) is 7.93. The van der Waals surface area contributed by atoms with Crippen LogP contribution in [0.15, 0.2) is 58.6 Å². The van der Waals surface area contributed by atoms with Gasteiger partial charge in [-0.15, -0.1) is 10.2 Å². The zero-order chi connectivity index (χ0) is 17.8. The average Bonchev–Trinajstić information content (AvgIpc) is 3.30. The van der Waals surface area contributed by atoms with Crippen LogP contribution in [0.3, 0.4) is 0 Å². The second kappa shape index (κ2) is 7.44. The summed E-state index contributed by atoms with van der Waals surface area (Å²) >= 11 is 1.64. The molecule has 8 nitrogen and oxygen atoms in total. The Bertz CT molecular complexity index is 985. The van der Waals surface area contributed by atoms with Crippen LogP contribution in [0.2, 0.25) is 0 Å². The van der Waals surface area contributed by atoms with Gasteiger partial charge in [0.05, 0.1) is 12.6 Å². The van der Waals surface area contributed by atoms with E-state index < -0.39 is 0 Å². The summed E-state index contributed by atoms with van der Waals surface area (Å²) in [5.41, 5.74) is 1.81. The molecule has 0 unspecified atom stereocenters. The van der Waals surface area contributed by atoms with Gasteiger partial charge in [-0.3, -0.25) is 4.98 Å². The van der Waals surface area contributed by atoms with Crippen LogP contribution in [-0.2, 0) is 19.2 Å². The molecule has 0 saturated heterocycles. The Hall–Kier alpha value is -3.07. The first-order chi connectivity index (χ1) is 12.8. The molecule has 3 aromatic heterocycles. The SMILES string of the molecule is Cn1c(Cc2nc(-c3cnccn3)no2)nnc1SCc1ccccc1. The van der Waals surface area contributed by atoms with Gasteiger partial charge < -0.3 is 9.09 Å². The first kappa shape index (κ1) is 16.4. The summed E-state index contributed by atoms with van der Waals surface area (Å²) in [6, 6.07) is 10.3. The van der Waals surface area contributed by atoms with E-state index in [-0.39, 0.29) is 0 Å². The molecule has 130 valence electrons. The third kappa shape index (κ3) is 3.62. The monoisotopic (exact) mass is 365 g/mol. The summed E-state index contributed by atoms with van der Waals surface area (Å²) < 4.78 is 7.24. The number of rotatable bonds is 6. The number of benzene rings is 1. The molecule has 0 radical (unpaired) electrons. The van der Waals surface area contributed by atoms with Gasteiger partial charge in [0.15, 0.2) is 5.16 Å². The van der Waals surface area contributed by atoms with E-state index in [0.717, 1.165) is 16.7 Å². The highest BCUT2D eigenvalue weighted by molar-refractivity contribution is 7.98. The van der Waals surface area contributed by atoms with E-state index in [1.807, 2.05) is 29.8 Å². The van der Waals surface area contributed by atoms with Crippen molar-refractivity contribution in [3.8, 4) is 11.5 Å². The predicted molar refractivity (Wildman–Crippen MR) is 95.1 cm³/mol. The highest BCUT2D eigenvalue weighted by Crippen LogP contribution is 2.22. The number of aromatic nitrogens is 7. The second-order valence-electron chi connectivity index (χ2n) is 5.51. The molecule has 0 aliphatic carbocycles. The summed E-state index contributed by atoms with van der Waals surface area (Å²) in [5.74, 6) is 2.47. The normalized spacial score (nSPS) is 11.0. The summed E-state index contributed by atoms with van der Waals surface area (Å²) in [7, 11) is 1.93. The van der Waals surface area contributed by atoms with Crippen LogP contribution in [-0.4, -0.2) is 34.9 Å². The smallest absolute Gasteiger partial charge is 0.234 e. The van der Waals surface area contributed by atoms with Crippen LogP contribution < -0.4 is 0 Å². The Morgan fingerprint density at radius 2 is 2.00 bits per heavy atom. The molecule has 0 aliphatic rings. The molecule has 0 bridgehead atoms. The molecule has 0 fully saturated rings. The molecule has 0 amide bonds. The van der Waals surface area contributed by atoms with Gasteiger partial charge in [0.25, 0.3) is 0 Å². The Morgan fingerprint density at radius 3 is 2.81 bits per heavy atom. The molecule has 4 rings (SSSR count). The minimum Gasteiger partial charge on any atom is -0.338 e. The molecule has 0 spiro atoms. The first-order valence-corrected chi connectivity index (χ1v) is 8.92. The van der Waals surface area contributed by atoms with Gasteiger partial charge in [0.2, 0.25) is 11.7 Å². The van der Waals surface area contributed by atoms with Crippen LogP contribution in [0.25, 0.3) is 11.5 Å². The lowest BCUT2D eigenvalue weighted by Crippen LogP contribution is -2.01. The van der Waals surface area contributed by atoms with Gasteiger partial charge in [-0.2, -0.15) is 4.98 Å². The number of hydrogen-bond acceptors (Lipinski definition) is 8. The molecule has 3 heterocycles. The number of hydrogen-bond donors (Lipinski definition) is 0. The standard InChI is InChI=1S/C17H15N7OS/c1-24-14(21-22-17(24)26-11-12-5-3-2-4-6-12)9-15-20-16(23-25-15)13-10-18-7-8-19-13/h2-8,10H,9,11H2,1H3. The van der Waals surface area contributed by atoms with E-state index >= 15 is 0 Å². The fourth-order valence-corrected chi connectivity index (χ4v) is 3.21. The maximum Gasteiger partial charge on any atom is 0.234 e. The number of nitrogens with zero attached hydrogens (tertiary/aromatic N) is 7. The minimum atomic E-state index is 0.405. The molecule has 0 saturated carbocycles. The van der Waals surface area contributed by atoms with E-state index in [4.69, 9.17) is 4.52 Å². The van der Waals surface area contributed by atoms with Crippen LogP contribution in [0.5, 0.6) is 0 Å². The van der Waals surface area contributed by atoms with E-state index in [1.165, 1.54) is 5.56 Å². The number of thioether (sulfide) groups is 1. The maximum atomic E-state index is 5.30. The van der Waals surface area contributed by atoms with Crippen molar-refractivity contribution in [3.63, 3.8) is 0 Å². The molecule has 1 aromatic carbocycles. The van der Waals surface area contributed by atoms with Crippen molar-refractivity contribution in [3.05, 3.63) is 66.2 Å². The summed E-state index contributed by atoms with van der Waals surface area (Å²) in [5, 5.41) is 13.3. The van der Waals surface area contributed by atoms with Crippen molar-refractivity contribution in [2.24, 2.45) is 7.05 Å². The third-order valence-electron chi connectivity index (χ3n) is 3.71. The van der Waals surface area contributed by atoms with E-state index in [2.05, 4.69) is 42.4 Å². The lowest BCUT2D eigenvalue weighted by atomic mass is 10.2. The second-order valence-corrected chi connectivity index (χ2v) is 6.45. The third-order valence-corrected chi connectivity index (χ3v) is 4.80. The van der Waals surface area contributed by atoms with Gasteiger partial charge in [-0.05, 0) is 5.56 Å². The molecule has 9 heteroatoms. The van der Waals surface area contributed by atoms with Gasteiger partial charge in [0, 0.05) is 25.2 Å². The molecular formula is C17H15N7OS. The minimum absolute atomic E-state index is 0.405. The van der Waals surface area contributed by atoms with Gasteiger partial charge in [-0.25, -0.2) is 4.98 Å².